The lowest BCUT2D eigenvalue weighted by Crippen LogP contribution is -1.95. The first-order valence-electron chi connectivity index (χ1n) is 8.89. The maximum absolute atomic E-state index is 10.2. The molecule has 2 rings (SSSR count). The molecule has 0 spiro atoms. The highest BCUT2D eigenvalue weighted by Gasteiger charge is 1.97. The van der Waals surface area contributed by atoms with E-state index in [0.717, 1.165) is 32.2 Å². The van der Waals surface area contributed by atoms with Crippen LogP contribution in [0.25, 0.3) is 10.8 Å². The van der Waals surface area contributed by atoms with Crippen molar-refractivity contribution in [3.8, 4) is 0 Å². The molecule has 0 fully saturated rings. The number of carbonyl (C=O) groups excluding carboxylic acids is 1. The standard InChI is InChI=1S/C21H28O2/c22-15-9-5-3-1-2-4-6-10-16-23-18-19-13-14-20-11-7-8-12-21(20)17-19/h7-8,11-15,17H,1-6,9-10,16,18H2. The van der Waals surface area contributed by atoms with Crippen LogP contribution in [-0.4, -0.2) is 12.9 Å². The molecular formula is C21H28O2. The van der Waals surface area contributed by atoms with Crippen molar-refractivity contribution < 1.29 is 9.53 Å². The van der Waals surface area contributed by atoms with Gasteiger partial charge in [-0.3, -0.25) is 0 Å². The third-order valence-corrected chi connectivity index (χ3v) is 4.19. The molecule has 0 aliphatic rings. The van der Waals surface area contributed by atoms with Crippen molar-refractivity contribution in [2.45, 2.75) is 58.0 Å². The van der Waals surface area contributed by atoms with Gasteiger partial charge in [-0.1, -0.05) is 68.5 Å². The predicted molar refractivity (Wildman–Crippen MR) is 96.6 cm³/mol. The number of ether oxygens (including phenoxy) is 1. The molecular weight excluding hydrogens is 284 g/mol. The van der Waals surface area contributed by atoms with Crippen LogP contribution in [0.1, 0.15) is 56.9 Å². The minimum absolute atomic E-state index is 0.705. The monoisotopic (exact) mass is 312 g/mol. The summed E-state index contributed by atoms with van der Waals surface area (Å²) in [6.07, 6.45) is 10.2. The molecule has 2 aromatic rings. The van der Waals surface area contributed by atoms with Gasteiger partial charge in [0, 0.05) is 13.0 Å². The molecule has 124 valence electrons. The summed E-state index contributed by atoms with van der Waals surface area (Å²) in [5.41, 5.74) is 1.25. The van der Waals surface area contributed by atoms with Gasteiger partial charge in [0.15, 0.2) is 0 Å². The molecule has 0 heterocycles. The van der Waals surface area contributed by atoms with Crippen LogP contribution in [0.2, 0.25) is 0 Å². The normalized spacial score (nSPS) is 11.0. The summed E-state index contributed by atoms with van der Waals surface area (Å²) in [7, 11) is 0. The highest BCUT2D eigenvalue weighted by atomic mass is 16.5. The molecule has 2 heteroatoms. The molecule has 0 atom stereocenters. The van der Waals surface area contributed by atoms with Crippen LogP contribution in [0.3, 0.4) is 0 Å². The number of benzene rings is 2. The number of fused-ring (bicyclic) bond motifs is 1. The number of carbonyl (C=O) groups is 1. The molecule has 0 amide bonds. The van der Waals surface area contributed by atoms with Crippen LogP contribution >= 0.6 is 0 Å². The first-order valence-corrected chi connectivity index (χ1v) is 8.89. The maximum atomic E-state index is 10.2. The molecule has 2 aromatic carbocycles. The van der Waals surface area contributed by atoms with Gasteiger partial charge < -0.3 is 9.53 Å². The summed E-state index contributed by atoms with van der Waals surface area (Å²) in [6.45, 7) is 1.55. The summed E-state index contributed by atoms with van der Waals surface area (Å²) in [5, 5.41) is 2.56. The van der Waals surface area contributed by atoms with Gasteiger partial charge in [-0.2, -0.15) is 0 Å². The fourth-order valence-corrected chi connectivity index (χ4v) is 2.83. The van der Waals surface area contributed by atoms with E-state index in [0.29, 0.717) is 6.61 Å². The van der Waals surface area contributed by atoms with E-state index in [4.69, 9.17) is 4.74 Å². The largest absolute Gasteiger partial charge is 0.377 e. The van der Waals surface area contributed by atoms with Crippen LogP contribution in [0.5, 0.6) is 0 Å². The first kappa shape index (κ1) is 17.7. The Hall–Kier alpha value is -1.67. The van der Waals surface area contributed by atoms with Gasteiger partial charge >= 0.3 is 0 Å². The first-order chi connectivity index (χ1) is 11.4. The van der Waals surface area contributed by atoms with E-state index in [1.54, 1.807) is 0 Å². The summed E-state index contributed by atoms with van der Waals surface area (Å²) in [6, 6.07) is 15.0. The lowest BCUT2D eigenvalue weighted by atomic mass is 10.1. The zero-order valence-corrected chi connectivity index (χ0v) is 14.0. The van der Waals surface area contributed by atoms with Gasteiger partial charge in [-0.15, -0.1) is 0 Å². The molecule has 2 nitrogen and oxygen atoms in total. The summed E-state index contributed by atoms with van der Waals surface area (Å²) in [5.74, 6) is 0. The molecule has 0 saturated carbocycles. The van der Waals surface area contributed by atoms with Gasteiger partial charge in [0.05, 0.1) is 6.61 Å². The molecule has 0 bridgehead atoms. The fourth-order valence-electron chi connectivity index (χ4n) is 2.83. The lowest BCUT2D eigenvalue weighted by Gasteiger charge is -2.06. The molecule has 0 aliphatic carbocycles. The Balaban J connectivity index is 1.51. The van der Waals surface area contributed by atoms with Crippen molar-refractivity contribution in [3.63, 3.8) is 0 Å². The Morgan fingerprint density at radius 3 is 2.26 bits per heavy atom. The van der Waals surface area contributed by atoms with Crippen LogP contribution in [-0.2, 0) is 16.1 Å². The second-order valence-electron chi connectivity index (χ2n) is 6.16. The summed E-state index contributed by atoms with van der Waals surface area (Å²) < 4.78 is 5.79. The minimum Gasteiger partial charge on any atom is -0.377 e. The molecule has 0 saturated heterocycles. The van der Waals surface area contributed by atoms with E-state index in [9.17, 15) is 4.79 Å². The summed E-state index contributed by atoms with van der Waals surface area (Å²) in [4.78, 5) is 10.2. The maximum Gasteiger partial charge on any atom is 0.119 e. The van der Waals surface area contributed by atoms with E-state index in [2.05, 4.69) is 42.5 Å². The highest BCUT2D eigenvalue weighted by molar-refractivity contribution is 5.82. The fraction of sp³-hybridized carbons (Fsp3) is 0.476. The molecule has 0 aromatic heterocycles. The van der Waals surface area contributed by atoms with E-state index in [1.807, 2.05) is 0 Å². The SMILES string of the molecule is O=CCCCCCCCCCOCc1ccc2ccccc2c1. The van der Waals surface area contributed by atoms with E-state index < -0.39 is 0 Å². The zero-order valence-electron chi connectivity index (χ0n) is 14.0. The smallest absolute Gasteiger partial charge is 0.119 e. The van der Waals surface area contributed by atoms with Gasteiger partial charge in [-0.05, 0) is 35.2 Å². The zero-order chi connectivity index (χ0) is 16.2. The van der Waals surface area contributed by atoms with E-state index in [1.165, 1.54) is 48.4 Å². The van der Waals surface area contributed by atoms with Gasteiger partial charge in [0.2, 0.25) is 0 Å². The van der Waals surface area contributed by atoms with E-state index in [-0.39, 0.29) is 0 Å². The Bertz CT molecular complexity index is 577. The average molecular weight is 312 g/mol. The number of rotatable bonds is 12. The van der Waals surface area contributed by atoms with Crippen molar-refractivity contribution >= 4 is 17.1 Å². The molecule has 23 heavy (non-hydrogen) atoms. The van der Waals surface area contributed by atoms with Crippen LogP contribution < -0.4 is 0 Å². The Morgan fingerprint density at radius 1 is 0.783 bits per heavy atom. The number of aldehydes is 1. The van der Waals surface area contributed by atoms with Crippen LogP contribution in [0, 0.1) is 0 Å². The van der Waals surface area contributed by atoms with Gasteiger partial charge in [-0.25, -0.2) is 0 Å². The number of hydrogen-bond acceptors (Lipinski definition) is 2. The Labute approximate surface area is 139 Å². The highest BCUT2D eigenvalue weighted by Crippen LogP contribution is 2.16. The third kappa shape index (κ3) is 6.96. The van der Waals surface area contributed by atoms with Crippen molar-refractivity contribution in [2.75, 3.05) is 6.61 Å². The van der Waals surface area contributed by atoms with Crippen molar-refractivity contribution in [2.24, 2.45) is 0 Å². The number of unbranched alkanes of at least 4 members (excludes halogenated alkanes) is 7. The van der Waals surface area contributed by atoms with Crippen LogP contribution in [0.15, 0.2) is 42.5 Å². The Morgan fingerprint density at radius 2 is 1.48 bits per heavy atom. The number of hydrogen-bond donors (Lipinski definition) is 0. The van der Waals surface area contributed by atoms with Crippen molar-refractivity contribution in [3.05, 3.63) is 48.0 Å². The molecule has 0 aliphatic heterocycles. The minimum atomic E-state index is 0.705. The molecule has 0 radical (unpaired) electrons. The predicted octanol–water partition coefficient (Wildman–Crippen LogP) is 5.68. The van der Waals surface area contributed by atoms with Gasteiger partial charge in [0.1, 0.15) is 6.29 Å². The van der Waals surface area contributed by atoms with Gasteiger partial charge in [0.25, 0.3) is 0 Å². The van der Waals surface area contributed by atoms with Crippen molar-refractivity contribution in [1.82, 2.24) is 0 Å². The van der Waals surface area contributed by atoms with E-state index >= 15 is 0 Å². The van der Waals surface area contributed by atoms with Crippen molar-refractivity contribution in [1.29, 1.82) is 0 Å². The molecule has 0 N–H and O–H groups in total. The van der Waals surface area contributed by atoms with Crippen LogP contribution in [0.4, 0.5) is 0 Å². The quantitative estimate of drug-likeness (QED) is 0.372. The second kappa shape index (κ2) is 11.0. The lowest BCUT2D eigenvalue weighted by molar-refractivity contribution is -0.107. The average Bonchev–Trinajstić information content (AvgIpc) is 2.59. The molecule has 0 unspecified atom stereocenters. The summed E-state index contributed by atoms with van der Waals surface area (Å²) >= 11 is 0. The topological polar surface area (TPSA) is 26.3 Å². The Kier molecular flexibility index (Phi) is 8.42. The third-order valence-electron chi connectivity index (χ3n) is 4.19. The second-order valence-corrected chi connectivity index (χ2v) is 6.16.